The Morgan fingerprint density at radius 1 is 1.22 bits per heavy atom. The highest BCUT2D eigenvalue weighted by molar-refractivity contribution is 5.86. The van der Waals surface area contributed by atoms with E-state index >= 15 is 0 Å². The van der Waals surface area contributed by atoms with Gasteiger partial charge in [-0.1, -0.05) is 6.42 Å². The molecule has 6 nitrogen and oxygen atoms in total. The molecule has 6 heteroatoms. The quantitative estimate of drug-likeness (QED) is 0.833. The van der Waals surface area contributed by atoms with Crippen molar-refractivity contribution in [3.05, 3.63) is 0 Å². The highest BCUT2D eigenvalue weighted by Crippen LogP contribution is 2.21. The number of piperidine rings is 1. The number of rotatable bonds is 3. The highest BCUT2D eigenvalue weighted by Gasteiger charge is 2.36. The molecule has 2 N–H and O–H groups in total. The van der Waals surface area contributed by atoms with E-state index in [1.165, 1.54) is 12.8 Å². The monoisotopic (exact) mass is 325 g/mol. The standard InChI is InChI=1S/C17H31N3O3/c1-12-7-5-8-13(19-12)11-18-15(21)14-9-6-10-20(14)16(22)23-17(2,3)4/h12-14,19H,5-11H2,1-4H3,(H,18,21). The van der Waals surface area contributed by atoms with Crippen LogP contribution >= 0.6 is 0 Å². The zero-order valence-electron chi connectivity index (χ0n) is 14.9. The maximum absolute atomic E-state index is 12.5. The molecule has 0 aliphatic carbocycles. The highest BCUT2D eigenvalue weighted by atomic mass is 16.6. The van der Waals surface area contributed by atoms with Gasteiger partial charge in [-0.2, -0.15) is 0 Å². The molecule has 0 bridgehead atoms. The van der Waals surface area contributed by atoms with Gasteiger partial charge in [0.2, 0.25) is 5.91 Å². The van der Waals surface area contributed by atoms with Gasteiger partial charge >= 0.3 is 6.09 Å². The van der Waals surface area contributed by atoms with E-state index in [-0.39, 0.29) is 12.0 Å². The molecule has 2 rings (SSSR count). The molecular weight excluding hydrogens is 294 g/mol. The lowest BCUT2D eigenvalue weighted by atomic mass is 9.99. The predicted molar refractivity (Wildman–Crippen MR) is 89.2 cm³/mol. The Kier molecular flexibility index (Phi) is 5.89. The molecule has 0 saturated carbocycles. The third-order valence-corrected chi connectivity index (χ3v) is 4.42. The summed E-state index contributed by atoms with van der Waals surface area (Å²) in [5.41, 5.74) is -0.539. The first-order valence-electron chi connectivity index (χ1n) is 8.79. The van der Waals surface area contributed by atoms with Gasteiger partial charge < -0.3 is 15.4 Å². The predicted octanol–water partition coefficient (Wildman–Crippen LogP) is 2.03. The van der Waals surface area contributed by atoms with Crippen LogP contribution < -0.4 is 10.6 Å². The topological polar surface area (TPSA) is 70.7 Å². The van der Waals surface area contributed by atoms with E-state index in [0.29, 0.717) is 31.6 Å². The van der Waals surface area contributed by atoms with Crippen molar-refractivity contribution >= 4 is 12.0 Å². The first kappa shape index (κ1) is 18.0. The van der Waals surface area contributed by atoms with E-state index < -0.39 is 11.6 Å². The lowest BCUT2D eigenvalue weighted by Gasteiger charge is -2.30. The number of hydrogen-bond acceptors (Lipinski definition) is 4. The average molecular weight is 325 g/mol. The van der Waals surface area contributed by atoms with Crippen molar-refractivity contribution in [2.75, 3.05) is 13.1 Å². The summed E-state index contributed by atoms with van der Waals surface area (Å²) in [6, 6.07) is 0.445. The molecule has 2 aliphatic heterocycles. The number of likely N-dealkylation sites (tertiary alicyclic amines) is 1. The number of carbonyl (C=O) groups is 2. The van der Waals surface area contributed by atoms with Crippen LogP contribution in [0.1, 0.15) is 59.8 Å². The molecule has 0 spiro atoms. The Morgan fingerprint density at radius 2 is 1.96 bits per heavy atom. The van der Waals surface area contributed by atoms with Gasteiger partial charge in [0.05, 0.1) is 0 Å². The average Bonchev–Trinajstić information content (AvgIpc) is 2.92. The van der Waals surface area contributed by atoms with Gasteiger partial charge in [-0.05, 0) is 53.4 Å². The molecule has 3 unspecified atom stereocenters. The van der Waals surface area contributed by atoms with Crippen molar-refractivity contribution in [3.8, 4) is 0 Å². The second-order valence-electron chi connectivity index (χ2n) is 7.77. The maximum Gasteiger partial charge on any atom is 0.410 e. The molecule has 2 amide bonds. The van der Waals surface area contributed by atoms with Crippen LogP contribution in [0.5, 0.6) is 0 Å². The van der Waals surface area contributed by atoms with Gasteiger partial charge in [-0.3, -0.25) is 9.69 Å². The Hall–Kier alpha value is -1.30. The number of amides is 2. The number of carbonyl (C=O) groups excluding carboxylic acids is 2. The van der Waals surface area contributed by atoms with Crippen LogP contribution in [0.15, 0.2) is 0 Å². The summed E-state index contributed by atoms with van der Waals surface area (Å²) in [5, 5.41) is 6.52. The van der Waals surface area contributed by atoms with Gasteiger partial charge in [-0.15, -0.1) is 0 Å². The van der Waals surface area contributed by atoms with Crippen molar-refractivity contribution in [2.45, 2.75) is 83.5 Å². The lowest BCUT2D eigenvalue weighted by molar-refractivity contribution is -0.125. The Morgan fingerprint density at radius 3 is 2.61 bits per heavy atom. The van der Waals surface area contributed by atoms with Crippen molar-refractivity contribution in [1.82, 2.24) is 15.5 Å². The fraction of sp³-hybridized carbons (Fsp3) is 0.882. The zero-order chi connectivity index (χ0) is 17.0. The first-order valence-corrected chi connectivity index (χ1v) is 8.79. The summed E-state index contributed by atoms with van der Waals surface area (Å²) in [5.74, 6) is -0.0617. The van der Waals surface area contributed by atoms with Crippen LogP contribution in [0.25, 0.3) is 0 Å². The number of ether oxygens (including phenoxy) is 1. The van der Waals surface area contributed by atoms with Crippen LogP contribution in [0.4, 0.5) is 4.79 Å². The van der Waals surface area contributed by atoms with Crippen molar-refractivity contribution in [2.24, 2.45) is 0 Å². The van der Waals surface area contributed by atoms with E-state index in [2.05, 4.69) is 17.6 Å². The molecule has 2 heterocycles. The van der Waals surface area contributed by atoms with Gasteiger partial charge in [0.1, 0.15) is 11.6 Å². The summed E-state index contributed by atoms with van der Waals surface area (Å²) < 4.78 is 5.41. The Labute approximate surface area is 139 Å². The van der Waals surface area contributed by atoms with Crippen LogP contribution in [0.3, 0.4) is 0 Å². The third-order valence-electron chi connectivity index (χ3n) is 4.42. The third kappa shape index (κ3) is 5.37. The lowest BCUT2D eigenvalue weighted by Crippen LogP contribution is -2.52. The number of nitrogens with zero attached hydrogens (tertiary/aromatic N) is 1. The van der Waals surface area contributed by atoms with Crippen LogP contribution in [-0.2, 0) is 9.53 Å². The largest absolute Gasteiger partial charge is 0.444 e. The summed E-state index contributed by atoms with van der Waals surface area (Å²) in [7, 11) is 0. The molecule has 0 aromatic rings. The summed E-state index contributed by atoms with van der Waals surface area (Å²) >= 11 is 0. The molecule has 2 aliphatic rings. The Bertz CT molecular complexity index is 433. The van der Waals surface area contributed by atoms with E-state index in [1.54, 1.807) is 4.90 Å². The van der Waals surface area contributed by atoms with Gasteiger partial charge in [0.15, 0.2) is 0 Å². The number of hydrogen-bond donors (Lipinski definition) is 2. The Balaban J connectivity index is 1.84. The number of nitrogens with one attached hydrogen (secondary N) is 2. The smallest absolute Gasteiger partial charge is 0.410 e. The normalized spacial score (nSPS) is 28.5. The molecular formula is C17H31N3O3. The van der Waals surface area contributed by atoms with Crippen LogP contribution in [0, 0.1) is 0 Å². The maximum atomic E-state index is 12.5. The van der Waals surface area contributed by atoms with Crippen molar-refractivity contribution in [1.29, 1.82) is 0 Å². The molecule has 0 aromatic carbocycles. The molecule has 3 atom stereocenters. The van der Waals surface area contributed by atoms with Gasteiger partial charge in [-0.25, -0.2) is 4.79 Å². The van der Waals surface area contributed by atoms with Crippen molar-refractivity contribution in [3.63, 3.8) is 0 Å². The minimum absolute atomic E-state index is 0.0617. The molecule has 132 valence electrons. The molecule has 2 fully saturated rings. The van der Waals surface area contributed by atoms with Crippen molar-refractivity contribution < 1.29 is 14.3 Å². The minimum atomic E-state index is -0.539. The minimum Gasteiger partial charge on any atom is -0.444 e. The SMILES string of the molecule is CC1CCCC(CNC(=O)C2CCCN2C(=O)OC(C)(C)C)N1. The van der Waals surface area contributed by atoms with Gasteiger partial charge in [0.25, 0.3) is 0 Å². The summed E-state index contributed by atoms with van der Waals surface area (Å²) in [4.78, 5) is 26.3. The van der Waals surface area contributed by atoms with E-state index in [0.717, 1.165) is 12.8 Å². The second-order valence-corrected chi connectivity index (χ2v) is 7.77. The van der Waals surface area contributed by atoms with E-state index in [9.17, 15) is 9.59 Å². The summed E-state index contributed by atoms with van der Waals surface area (Å²) in [6.45, 7) is 8.91. The van der Waals surface area contributed by atoms with E-state index in [1.807, 2.05) is 20.8 Å². The van der Waals surface area contributed by atoms with E-state index in [4.69, 9.17) is 4.74 Å². The second kappa shape index (κ2) is 7.51. The fourth-order valence-corrected chi connectivity index (χ4v) is 3.32. The first-order chi connectivity index (χ1) is 10.8. The van der Waals surface area contributed by atoms with Crippen LogP contribution in [0.2, 0.25) is 0 Å². The van der Waals surface area contributed by atoms with Crippen LogP contribution in [-0.4, -0.2) is 53.7 Å². The molecule has 0 aromatic heterocycles. The molecule has 0 radical (unpaired) electrons. The molecule has 2 saturated heterocycles. The van der Waals surface area contributed by atoms with Gasteiger partial charge in [0, 0.05) is 25.2 Å². The zero-order valence-corrected chi connectivity index (χ0v) is 14.9. The summed E-state index contributed by atoms with van der Waals surface area (Å²) in [6.07, 6.45) is 4.64. The fourth-order valence-electron chi connectivity index (χ4n) is 3.32. The molecule has 23 heavy (non-hydrogen) atoms.